The number of amides is 1. The summed E-state index contributed by atoms with van der Waals surface area (Å²) in [4.78, 5) is 29.1. The van der Waals surface area contributed by atoms with Crippen LogP contribution in [0.1, 0.15) is 53.8 Å². The maximum absolute atomic E-state index is 12.8. The normalized spacial score (nSPS) is 18.0. The van der Waals surface area contributed by atoms with Crippen molar-refractivity contribution in [1.82, 2.24) is 19.2 Å². The van der Waals surface area contributed by atoms with Crippen molar-refractivity contribution >= 4 is 11.6 Å². The van der Waals surface area contributed by atoms with Gasteiger partial charge in [0.2, 0.25) is 0 Å². The van der Waals surface area contributed by atoms with Gasteiger partial charge in [0.15, 0.2) is 0 Å². The highest BCUT2D eigenvalue weighted by molar-refractivity contribution is 5.94. The zero-order valence-corrected chi connectivity index (χ0v) is 16.3. The van der Waals surface area contributed by atoms with Crippen molar-refractivity contribution in [2.75, 3.05) is 32.1 Å². The van der Waals surface area contributed by atoms with Crippen molar-refractivity contribution in [2.24, 2.45) is 7.05 Å². The summed E-state index contributed by atoms with van der Waals surface area (Å²) in [6.45, 7) is 1.41. The van der Waals surface area contributed by atoms with Crippen LogP contribution in [0.3, 0.4) is 0 Å². The Morgan fingerprint density at radius 1 is 1.07 bits per heavy atom. The Morgan fingerprint density at radius 2 is 1.70 bits per heavy atom. The lowest BCUT2D eigenvalue weighted by atomic mass is 9.95. The highest BCUT2D eigenvalue weighted by atomic mass is 16.2. The van der Waals surface area contributed by atoms with Crippen LogP contribution in [0.4, 0.5) is 5.69 Å². The van der Waals surface area contributed by atoms with E-state index in [0.717, 1.165) is 42.8 Å². The largest absolute Gasteiger partial charge is 0.378 e. The average Bonchev–Trinajstić information content (AvgIpc) is 3.47. The Bertz CT molecular complexity index is 884. The van der Waals surface area contributed by atoms with Gasteiger partial charge in [-0.15, -0.1) is 0 Å². The van der Waals surface area contributed by atoms with Crippen molar-refractivity contribution in [3.63, 3.8) is 0 Å². The molecule has 27 heavy (non-hydrogen) atoms. The minimum atomic E-state index is -0.00742. The number of aryl methyl sites for hydroxylation is 1. The molecule has 0 radical (unpaired) electrons. The number of benzene rings is 1. The first kappa shape index (κ1) is 17.8. The monoisotopic (exact) mass is 369 g/mol. The summed E-state index contributed by atoms with van der Waals surface area (Å²) < 4.78 is 3.35. The number of likely N-dealkylation sites (tertiary alicyclic amines) is 1. The van der Waals surface area contributed by atoms with Crippen molar-refractivity contribution < 1.29 is 4.79 Å². The van der Waals surface area contributed by atoms with E-state index in [1.807, 2.05) is 52.7 Å². The molecule has 7 heteroatoms. The van der Waals surface area contributed by atoms with E-state index in [0.29, 0.717) is 19.1 Å². The SMILES string of the molecule is CN(C)c1ccc(C(=O)N2CCC(c3nn(C)c(=O)n3C3CC3)CC2)cc1. The van der Waals surface area contributed by atoms with Crippen LogP contribution in [0.15, 0.2) is 29.1 Å². The van der Waals surface area contributed by atoms with Crippen molar-refractivity contribution in [2.45, 2.75) is 37.6 Å². The molecule has 0 atom stereocenters. The molecule has 4 rings (SSSR count). The van der Waals surface area contributed by atoms with Gasteiger partial charge in [0.05, 0.1) is 0 Å². The molecule has 0 unspecified atom stereocenters. The van der Waals surface area contributed by atoms with Crippen molar-refractivity contribution in [1.29, 1.82) is 0 Å². The van der Waals surface area contributed by atoms with E-state index >= 15 is 0 Å². The number of anilines is 1. The topological polar surface area (TPSA) is 63.4 Å². The number of carbonyl (C=O) groups excluding carboxylic acids is 1. The van der Waals surface area contributed by atoms with Crippen molar-refractivity contribution in [3.8, 4) is 0 Å². The second-order valence-corrected chi connectivity index (χ2v) is 7.87. The number of carbonyl (C=O) groups is 1. The molecule has 0 N–H and O–H groups in total. The fraction of sp³-hybridized carbons (Fsp3) is 0.550. The molecule has 1 aliphatic heterocycles. The van der Waals surface area contributed by atoms with Gasteiger partial charge in [-0.2, -0.15) is 5.10 Å². The zero-order chi connectivity index (χ0) is 19.1. The number of nitrogens with zero attached hydrogens (tertiary/aromatic N) is 5. The number of rotatable bonds is 4. The smallest absolute Gasteiger partial charge is 0.345 e. The lowest BCUT2D eigenvalue weighted by Gasteiger charge is -2.31. The van der Waals surface area contributed by atoms with Crippen LogP contribution in [0.5, 0.6) is 0 Å². The quantitative estimate of drug-likeness (QED) is 0.827. The van der Waals surface area contributed by atoms with Crippen molar-refractivity contribution in [3.05, 3.63) is 46.1 Å². The van der Waals surface area contributed by atoms with E-state index in [4.69, 9.17) is 0 Å². The van der Waals surface area contributed by atoms with Gasteiger partial charge >= 0.3 is 5.69 Å². The van der Waals surface area contributed by atoms with Gasteiger partial charge < -0.3 is 9.80 Å². The number of hydrogen-bond donors (Lipinski definition) is 0. The van der Waals surface area contributed by atoms with E-state index in [9.17, 15) is 9.59 Å². The van der Waals surface area contributed by atoms with Crippen LogP contribution in [0, 0.1) is 0 Å². The van der Waals surface area contributed by atoms with Crippen LogP contribution in [0.2, 0.25) is 0 Å². The van der Waals surface area contributed by atoms with Gasteiger partial charge in [-0.05, 0) is 49.9 Å². The fourth-order valence-electron chi connectivity index (χ4n) is 3.88. The molecule has 144 valence electrons. The summed E-state index contributed by atoms with van der Waals surface area (Å²) in [5.74, 6) is 1.24. The fourth-order valence-corrected chi connectivity index (χ4v) is 3.88. The first-order valence-corrected chi connectivity index (χ1v) is 9.68. The second kappa shape index (κ2) is 6.87. The van der Waals surface area contributed by atoms with Gasteiger partial charge in [-0.25, -0.2) is 9.48 Å². The first-order chi connectivity index (χ1) is 13.0. The lowest BCUT2D eigenvalue weighted by molar-refractivity contribution is 0.0710. The van der Waals surface area contributed by atoms with Gasteiger partial charge in [-0.1, -0.05) is 0 Å². The maximum Gasteiger partial charge on any atom is 0.345 e. The molecule has 2 aromatic rings. The number of piperidine rings is 1. The molecule has 1 saturated carbocycles. The summed E-state index contributed by atoms with van der Waals surface area (Å²) in [5, 5.41) is 4.51. The van der Waals surface area contributed by atoms with E-state index in [-0.39, 0.29) is 17.5 Å². The third kappa shape index (κ3) is 3.38. The minimum absolute atomic E-state index is 0.00742. The summed E-state index contributed by atoms with van der Waals surface area (Å²) in [7, 11) is 5.70. The maximum atomic E-state index is 12.8. The predicted octanol–water partition coefficient (Wildman–Crippen LogP) is 2.00. The Balaban J connectivity index is 1.44. The third-order valence-corrected chi connectivity index (χ3v) is 5.67. The third-order valence-electron chi connectivity index (χ3n) is 5.67. The molecule has 2 heterocycles. The highest BCUT2D eigenvalue weighted by Crippen LogP contribution is 2.37. The Kier molecular flexibility index (Phi) is 4.53. The van der Waals surface area contributed by atoms with Crippen LogP contribution in [-0.4, -0.2) is 52.3 Å². The average molecular weight is 369 g/mol. The molecular formula is C20H27N5O2. The zero-order valence-electron chi connectivity index (χ0n) is 16.3. The lowest BCUT2D eigenvalue weighted by Crippen LogP contribution is -2.38. The van der Waals surface area contributed by atoms with Gasteiger partial charge in [0.1, 0.15) is 5.82 Å². The molecule has 1 aromatic carbocycles. The van der Waals surface area contributed by atoms with Crippen LogP contribution < -0.4 is 10.6 Å². The molecule has 1 aromatic heterocycles. The molecule has 0 spiro atoms. The minimum Gasteiger partial charge on any atom is -0.378 e. The summed E-state index contributed by atoms with van der Waals surface area (Å²) in [6.07, 6.45) is 3.84. The number of aromatic nitrogens is 3. The molecular weight excluding hydrogens is 342 g/mol. The van der Waals surface area contributed by atoms with E-state index in [2.05, 4.69) is 5.10 Å². The Morgan fingerprint density at radius 3 is 2.26 bits per heavy atom. The molecule has 0 bridgehead atoms. The molecule has 1 aliphatic carbocycles. The van der Waals surface area contributed by atoms with E-state index < -0.39 is 0 Å². The molecule has 2 fully saturated rings. The number of hydrogen-bond acceptors (Lipinski definition) is 4. The standard InChI is InChI=1S/C20H27N5O2/c1-22(2)16-6-4-15(5-7-16)19(26)24-12-10-14(11-13-24)18-21-23(3)20(27)25(18)17-8-9-17/h4-7,14,17H,8-13H2,1-3H3. The van der Waals surface area contributed by atoms with Crippen LogP contribution >= 0.6 is 0 Å². The predicted molar refractivity (Wildman–Crippen MR) is 104 cm³/mol. The van der Waals surface area contributed by atoms with E-state index in [1.165, 1.54) is 4.68 Å². The molecule has 7 nitrogen and oxygen atoms in total. The van der Waals surface area contributed by atoms with Crippen LogP contribution in [-0.2, 0) is 7.05 Å². The van der Waals surface area contributed by atoms with Gasteiger partial charge in [0, 0.05) is 57.4 Å². The second-order valence-electron chi connectivity index (χ2n) is 7.87. The van der Waals surface area contributed by atoms with Gasteiger partial charge in [0.25, 0.3) is 5.91 Å². The summed E-state index contributed by atoms with van der Waals surface area (Å²) in [6, 6.07) is 8.07. The summed E-state index contributed by atoms with van der Waals surface area (Å²) in [5.41, 5.74) is 1.80. The summed E-state index contributed by atoms with van der Waals surface area (Å²) >= 11 is 0. The highest BCUT2D eigenvalue weighted by Gasteiger charge is 2.34. The van der Waals surface area contributed by atoms with Crippen LogP contribution in [0.25, 0.3) is 0 Å². The Labute approximate surface area is 159 Å². The first-order valence-electron chi connectivity index (χ1n) is 9.68. The Hall–Kier alpha value is -2.57. The molecule has 1 amide bonds. The van der Waals surface area contributed by atoms with Gasteiger partial charge in [-0.3, -0.25) is 9.36 Å². The van der Waals surface area contributed by atoms with E-state index in [1.54, 1.807) is 7.05 Å². The molecule has 1 saturated heterocycles. The molecule has 2 aliphatic rings.